The number of hydrogen-bond acceptors (Lipinski definition) is 5. The summed E-state index contributed by atoms with van der Waals surface area (Å²) in [4.78, 5) is 19.4. The molecule has 5 rings (SSSR count). The lowest BCUT2D eigenvalue weighted by Gasteiger charge is -2.34. The van der Waals surface area contributed by atoms with Crippen molar-refractivity contribution >= 4 is 50.7 Å². The van der Waals surface area contributed by atoms with Crippen molar-refractivity contribution in [2.24, 2.45) is 0 Å². The van der Waals surface area contributed by atoms with E-state index < -0.39 is 10.8 Å². The van der Waals surface area contributed by atoms with Crippen LogP contribution >= 0.6 is 23.2 Å². The van der Waals surface area contributed by atoms with Gasteiger partial charge in [-0.2, -0.15) is 0 Å². The summed E-state index contributed by atoms with van der Waals surface area (Å²) >= 11 is 12.8. The first-order valence-electron chi connectivity index (χ1n) is 15.2. The van der Waals surface area contributed by atoms with E-state index in [4.69, 9.17) is 32.7 Å². The third-order valence-electron chi connectivity index (χ3n) is 8.91. The number of amides is 1. The number of methoxy groups -OCH3 is 2. The quantitative estimate of drug-likeness (QED) is 0.162. The highest BCUT2D eigenvalue weighted by atomic mass is 35.5. The molecule has 9 heteroatoms. The monoisotopic (exact) mass is 666 g/mol. The third-order valence-corrected chi connectivity index (χ3v) is 10.6. The Hall–Kier alpha value is -3.10. The van der Waals surface area contributed by atoms with Crippen molar-refractivity contribution in [2.45, 2.75) is 36.0 Å². The maximum Gasteiger partial charge on any atom is 0.258 e. The van der Waals surface area contributed by atoms with E-state index in [-0.39, 0.29) is 11.8 Å². The van der Waals surface area contributed by atoms with Gasteiger partial charge < -0.3 is 19.3 Å². The fourth-order valence-electron chi connectivity index (χ4n) is 6.49. The summed E-state index contributed by atoms with van der Waals surface area (Å²) in [5.41, 5.74) is 2.74. The van der Waals surface area contributed by atoms with Crippen molar-refractivity contribution in [1.29, 1.82) is 0 Å². The Morgan fingerprint density at radius 2 is 1.69 bits per heavy atom. The number of benzene rings is 4. The number of carbonyl (C=O) groups excluding carboxylic acids is 1. The van der Waals surface area contributed by atoms with E-state index in [1.807, 2.05) is 73.8 Å². The summed E-state index contributed by atoms with van der Waals surface area (Å²) in [6.45, 7) is 3.29. The fourth-order valence-corrected chi connectivity index (χ4v) is 7.63. The molecule has 0 aliphatic carbocycles. The van der Waals surface area contributed by atoms with Crippen LogP contribution in [0.5, 0.6) is 11.5 Å². The number of hydrogen-bond donors (Lipinski definition) is 0. The third kappa shape index (κ3) is 7.49. The molecule has 1 amide bonds. The molecule has 45 heavy (non-hydrogen) atoms. The van der Waals surface area contributed by atoms with Crippen LogP contribution in [0.25, 0.3) is 10.8 Å². The molecule has 1 heterocycles. The van der Waals surface area contributed by atoms with E-state index >= 15 is 0 Å². The fraction of sp³-hybridized carbons (Fsp3) is 0.361. The number of halogens is 2. The average molecular weight is 668 g/mol. The summed E-state index contributed by atoms with van der Waals surface area (Å²) in [6, 6.07) is 23.5. The van der Waals surface area contributed by atoms with Gasteiger partial charge in [-0.25, -0.2) is 0 Å². The van der Waals surface area contributed by atoms with Crippen LogP contribution in [0, 0.1) is 0 Å². The van der Waals surface area contributed by atoms with Crippen LogP contribution in [0.3, 0.4) is 0 Å². The zero-order valence-electron chi connectivity index (χ0n) is 26.2. The summed E-state index contributed by atoms with van der Waals surface area (Å²) in [7, 11) is 3.97. The number of piperidine rings is 1. The minimum absolute atomic E-state index is 0.0255. The first-order chi connectivity index (χ1) is 21.7. The molecule has 0 radical (unpaired) electrons. The molecule has 0 bridgehead atoms. The van der Waals surface area contributed by atoms with Crippen molar-refractivity contribution in [2.75, 3.05) is 53.7 Å². The van der Waals surface area contributed by atoms with Gasteiger partial charge >= 0.3 is 0 Å². The SMILES string of the molecule is COc1cc2ccccc2c(C(=O)N(C)C[C@@H](CCN2CCC(c3ccccc3[S@](C)=O)CC2)c2ccc(Cl)c(Cl)c2)c1OC. The minimum Gasteiger partial charge on any atom is -0.493 e. The Labute approximate surface area is 278 Å². The van der Waals surface area contributed by atoms with Gasteiger partial charge in [-0.15, -0.1) is 0 Å². The van der Waals surface area contributed by atoms with Crippen LogP contribution in [-0.4, -0.2) is 73.6 Å². The van der Waals surface area contributed by atoms with E-state index in [1.54, 1.807) is 25.4 Å². The second-order valence-electron chi connectivity index (χ2n) is 11.7. The van der Waals surface area contributed by atoms with E-state index in [0.29, 0.717) is 39.6 Å². The van der Waals surface area contributed by atoms with Crippen molar-refractivity contribution in [3.63, 3.8) is 0 Å². The van der Waals surface area contributed by atoms with Crippen LogP contribution in [0.2, 0.25) is 10.0 Å². The first kappa shape index (κ1) is 33.3. The molecular formula is C36H40Cl2N2O4S. The molecule has 0 saturated carbocycles. The first-order valence-corrected chi connectivity index (χ1v) is 17.5. The Morgan fingerprint density at radius 3 is 2.38 bits per heavy atom. The van der Waals surface area contributed by atoms with Crippen molar-refractivity contribution < 1.29 is 18.5 Å². The topological polar surface area (TPSA) is 59.1 Å². The van der Waals surface area contributed by atoms with Gasteiger partial charge in [-0.3, -0.25) is 9.00 Å². The second-order valence-corrected chi connectivity index (χ2v) is 13.8. The summed E-state index contributed by atoms with van der Waals surface area (Å²) < 4.78 is 23.7. The number of likely N-dealkylation sites (tertiary alicyclic amines) is 1. The van der Waals surface area contributed by atoms with E-state index in [1.165, 1.54) is 5.56 Å². The highest BCUT2D eigenvalue weighted by Gasteiger charge is 2.28. The average Bonchev–Trinajstić information content (AvgIpc) is 3.06. The van der Waals surface area contributed by atoms with Crippen LogP contribution in [0.1, 0.15) is 52.6 Å². The molecular weight excluding hydrogens is 627 g/mol. The van der Waals surface area contributed by atoms with Gasteiger partial charge in [-0.05, 0) is 91.0 Å². The second kappa shape index (κ2) is 15.0. The molecule has 0 spiro atoms. The van der Waals surface area contributed by atoms with Crippen molar-refractivity contribution in [3.05, 3.63) is 99.5 Å². The normalized spacial score (nSPS) is 15.5. The van der Waals surface area contributed by atoms with Gasteiger partial charge in [0.05, 0.1) is 40.6 Å². The Kier molecular flexibility index (Phi) is 11.1. The van der Waals surface area contributed by atoms with Gasteiger partial charge in [0.25, 0.3) is 5.91 Å². The number of carbonyl (C=O) groups is 1. The highest BCUT2D eigenvalue weighted by Crippen LogP contribution is 2.39. The maximum absolute atomic E-state index is 14.2. The summed E-state index contributed by atoms with van der Waals surface area (Å²) in [5, 5.41) is 2.73. The van der Waals surface area contributed by atoms with Crippen molar-refractivity contribution in [1.82, 2.24) is 9.80 Å². The van der Waals surface area contributed by atoms with Crippen LogP contribution < -0.4 is 9.47 Å². The van der Waals surface area contributed by atoms with Crippen molar-refractivity contribution in [3.8, 4) is 11.5 Å². The minimum atomic E-state index is -1.00. The lowest BCUT2D eigenvalue weighted by Crippen LogP contribution is -2.36. The lowest BCUT2D eigenvalue weighted by molar-refractivity contribution is 0.0780. The van der Waals surface area contributed by atoms with Gasteiger partial charge in [0, 0.05) is 30.7 Å². The van der Waals surface area contributed by atoms with Crippen LogP contribution in [0.4, 0.5) is 0 Å². The highest BCUT2D eigenvalue weighted by molar-refractivity contribution is 7.84. The zero-order chi connectivity index (χ0) is 32.1. The molecule has 1 fully saturated rings. The number of rotatable bonds is 11. The predicted molar refractivity (Wildman–Crippen MR) is 185 cm³/mol. The van der Waals surface area contributed by atoms with Gasteiger partial charge in [0.1, 0.15) is 0 Å². The molecule has 2 atom stereocenters. The van der Waals surface area contributed by atoms with Crippen LogP contribution in [0.15, 0.2) is 77.7 Å². The van der Waals surface area contributed by atoms with Crippen LogP contribution in [-0.2, 0) is 10.8 Å². The molecule has 1 saturated heterocycles. The smallest absolute Gasteiger partial charge is 0.258 e. The number of ether oxygens (including phenoxy) is 2. The number of fused-ring (bicyclic) bond motifs is 1. The molecule has 0 unspecified atom stereocenters. The molecule has 0 N–H and O–H groups in total. The standard InChI is InChI=1S/C36H40Cl2N2O4S/c1-39(36(41)34-29-11-6-5-9-26(29)22-32(43-2)35(34)44-3)23-27(25-13-14-30(37)31(38)21-25)17-20-40-18-15-24(16-19-40)28-10-7-8-12-33(28)45(4)42/h5-14,21-22,24,27H,15-20,23H2,1-4H3/t27-,45+/m1/s1. The number of likely N-dealkylation sites (N-methyl/N-ethyl adjacent to an activating group) is 1. The molecule has 1 aliphatic rings. The lowest BCUT2D eigenvalue weighted by atomic mass is 9.88. The molecule has 4 aromatic carbocycles. The zero-order valence-corrected chi connectivity index (χ0v) is 28.6. The molecule has 238 valence electrons. The van der Waals surface area contributed by atoms with Gasteiger partial charge in [0.2, 0.25) is 0 Å². The molecule has 6 nitrogen and oxygen atoms in total. The summed E-state index contributed by atoms with van der Waals surface area (Å²) in [6.07, 6.45) is 4.64. The molecule has 1 aliphatic heterocycles. The largest absolute Gasteiger partial charge is 0.493 e. The molecule has 0 aromatic heterocycles. The molecule has 4 aromatic rings. The van der Waals surface area contributed by atoms with E-state index in [9.17, 15) is 9.00 Å². The van der Waals surface area contributed by atoms with Gasteiger partial charge in [-0.1, -0.05) is 71.7 Å². The van der Waals surface area contributed by atoms with Gasteiger partial charge in [0.15, 0.2) is 11.5 Å². The number of nitrogens with zero attached hydrogens (tertiary/aromatic N) is 2. The van der Waals surface area contributed by atoms with E-state index in [2.05, 4.69) is 11.0 Å². The summed E-state index contributed by atoms with van der Waals surface area (Å²) in [5.74, 6) is 1.24. The predicted octanol–water partition coefficient (Wildman–Crippen LogP) is 8.03. The Morgan fingerprint density at radius 1 is 0.978 bits per heavy atom. The van der Waals surface area contributed by atoms with E-state index in [0.717, 1.165) is 60.1 Å². The Balaban J connectivity index is 1.34. The maximum atomic E-state index is 14.2. The Bertz CT molecular complexity index is 1690.